The van der Waals surface area contributed by atoms with Crippen LogP contribution in [0.25, 0.3) is 0 Å². The SMILES string of the molecule is CC(NCCCCCCO)c1ccccc1O. The predicted octanol–water partition coefficient (Wildman–Crippen LogP) is 2.60. The van der Waals surface area contributed by atoms with E-state index >= 15 is 0 Å². The number of aliphatic hydroxyl groups is 1. The van der Waals surface area contributed by atoms with E-state index in [1.54, 1.807) is 6.07 Å². The van der Waals surface area contributed by atoms with Crippen molar-refractivity contribution in [3.8, 4) is 5.75 Å². The normalized spacial score (nSPS) is 12.6. The van der Waals surface area contributed by atoms with Gasteiger partial charge >= 0.3 is 0 Å². The monoisotopic (exact) mass is 237 g/mol. The molecule has 0 saturated carbocycles. The van der Waals surface area contributed by atoms with Gasteiger partial charge in [0.25, 0.3) is 0 Å². The molecule has 17 heavy (non-hydrogen) atoms. The number of phenols is 1. The van der Waals surface area contributed by atoms with Gasteiger partial charge in [-0.15, -0.1) is 0 Å². The maximum absolute atomic E-state index is 9.69. The summed E-state index contributed by atoms with van der Waals surface area (Å²) < 4.78 is 0. The lowest BCUT2D eigenvalue weighted by atomic mass is 10.1. The molecule has 1 unspecified atom stereocenters. The highest BCUT2D eigenvalue weighted by Crippen LogP contribution is 2.22. The number of phenolic OH excluding ortho intramolecular Hbond substituents is 1. The summed E-state index contributed by atoms with van der Waals surface area (Å²) in [6.07, 6.45) is 4.23. The number of hydrogen-bond donors (Lipinski definition) is 3. The zero-order valence-corrected chi connectivity index (χ0v) is 10.5. The van der Waals surface area contributed by atoms with Gasteiger partial charge in [-0.3, -0.25) is 0 Å². The molecule has 0 radical (unpaired) electrons. The van der Waals surface area contributed by atoms with Crippen LogP contribution in [-0.2, 0) is 0 Å². The second-order valence-electron chi connectivity index (χ2n) is 4.37. The van der Waals surface area contributed by atoms with Crippen LogP contribution in [0.15, 0.2) is 24.3 Å². The zero-order chi connectivity index (χ0) is 12.5. The fraction of sp³-hybridized carbons (Fsp3) is 0.571. The van der Waals surface area contributed by atoms with Crippen LogP contribution >= 0.6 is 0 Å². The van der Waals surface area contributed by atoms with Crippen molar-refractivity contribution < 1.29 is 10.2 Å². The molecule has 1 rings (SSSR count). The number of aliphatic hydroxyl groups excluding tert-OH is 1. The first kappa shape index (κ1) is 14.0. The highest BCUT2D eigenvalue weighted by molar-refractivity contribution is 5.33. The second-order valence-corrected chi connectivity index (χ2v) is 4.37. The Bertz CT molecular complexity index is 315. The van der Waals surface area contributed by atoms with Gasteiger partial charge in [0, 0.05) is 18.2 Å². The summed E-state index contributed by atoms with van der Waals surface area (Å²) in [4.78, 5) is 0. The molecule has 1 aromatic carbocycles. The highest BCUT2D eigenvalue weighted by atomic mass is 16.3. The van der Waals surface area contributed by atoms with E-state index in [1.807, 2.05) is 18.2 Å². The van der Waals surface area contributed by atoms with Crippen molar-refractivity contribution in [3.63, 3.8) is 0 Å². The van der Waals surface area contributed by atoms with Crippen LogP contribution in [0, 0.1) is 0 Å². The van der Waals surface area contributed by atoms with Crippen LogP contribution in [0.2, 0.25) is 0 Å². The van der Waals surface area contributed by atoms with Gasteiger partial charge in [0.05, 0.1) is 0 Å². The molecular formula is C14H23NO2. The van der Waals surface area contributed by atoms with Crippen LogP contribution in [0.1, 0.15) is 44.2 Å². The quantitative estimate of drug-likeness (QED) is 0.609. The predicted molar refractivity (Wildman–Crippen MR) is 70.1 cm³/mol. The summed E-state index contributed by atoms with van der Waals surface area (Å²) in [5, 5.41) is 21.7. The second kappa shape index (κ2) is 8.09. The summed E-state index contributed by atoms with van der Waals surface area (Å²) >= 11 is 0. The van der Waals surface area contributed by atoms with Gasteiger partial charge in [0.1, 0.15) is 5.75 Å². The summed E-state index contributed by atoms with van der Waals surface area (Å²) in [7, 11) is 0. The van der Waals surface area contributed by atoms with E-state index in [2.05, 4.69) is 12.2 Å². The van der Waals surface area contributed by atoms with Crippen LogP contribution in [0.5, 0.6) is 5.75 Å². The van der Waals surface area contributed by atoms with E-state index in [1.165, 1.54) is 0 Å². The molecule has 0 spiro atoms. The van der Waals surface area contributed by atoms with Crippen LogP contribution in [-0.4, -0.2) is 23.4 Å². The van der Waals surface area contributed by atoms with Gasteiger partial charge in [-0.1, -0.05) is 31.0 Å². The topological polar surface area (TPSA) is 52.5 Å². The highest BCUT2D eigenvalue weighted by Gasteiger charge is 2.07. The molecule has 1 aromatic rings. The lowest BCUT2D eigenvalue weighted by Gasteiger charge is -2.15. The van der Waals surface area contributed by atoms with Gasteiger partial charge in [-0.2, -0.15) is 0 Å². The van der Waals surface area contributed by atoms with E-state index < -0.39 is 0 Å². The molecule has 3 nitrogen and oxygen atoms in total. The largest absolute Gasteiger partial charge is 0.508 e. The third-order valence-corrected chi connectivity index (χ3v) is 2.94. The first-order valence-electron chi connectivity index (χ1n) is 6.38. The number of rotatable bonds is 8. The molecule has 96 valence electrons. The van der Waals surface area contributed by atoms with Gasteiger partial charge in [-0.05, 0) is 32.4 Å². The lowest BCUT2D eigenvalue weighted by Crippen LogP contribution is -2.19. The molecular weight excluding hydrogens is 214 g/mol. The standard InChI is InChI=1S/C14H23NO2/c1-12(13-8-4-5-9-14(13)17)15-10-6-2-3-7-11-16/h4-5,8-9,12,15-17H,2-3,6-7,10-11H2,1H3. The fourth-order valence-electron chi connectivity index (χ4n) is 1.87. The van der Waals surface area contributed by atoms with E-state index in [-0.39, 0.29) is 6.04 Å². The zero-order valence-electron chi connectivity index (χ0n) is 10.5. The van der Waals surface area contributed by atoms with Gasteiger partial charge in [0.15, 0.2) is 0 Å². The lowest BCUT2D eigenvalue weighted by molar-refractivity contribution is 0.282. The van der Waals surface area contributed by atoms with Crippen molar-refractivity contribution in [2.75, 3.05) is 13.2 Å². The molecule has 0 aliphatic rings. The average molecular weight is 237 g/mol. The first-order chi connectivity index (χ1) is 8.25. The minimum absolute atomic E-state index is 0.175. The number of para-hydroxylation sites is 1. The summed E-state index contributed by atoms with van der Waals surface area (Å²) in [6, 6.07) is 7.61. The van der Waals surface area contributed by atoms with Gasteiger partial charge in [0.2, 0.25) is 0 Å². The molecule has 0 saturated heterocycles. The van der Waals surface area contributed by atoms with Gasteiger partial charge < -0.3 is 15.5 Å². The Labute approximate surface area is 103 Å². The third kappa shape index (κ3) is 5.20. The van der Waals surface area contributed by atoms with Crippen molar-refractivity contribution >= 4 is 0 Å². The van der Waals surface area contributed by atoms with Gasteiger partial charge in [-0.25, -0.2) is 0 Å². The molecule has 1 atom stereocenters. The minimum Gasteiger partial charge on any atom is -0.508 e. The molecule has 0 aromatic heterocycles. The Morgan fingerprint density at radius 1 is 1.12 bits per heavy atom. The maximum Gasteiger partial charge on any atom is 0.120 e. The summed E-state index contributed by atoms with van der Waals surface area (Å²) in [6.45, 7) is 3.30. The molecule has 3 N–H and O–H groups in total. The molecule has 0 aliphatic heterocycles. The number of benzene rings is 1. The fourth-order valence-corrected chi connectivity index (χ4v) is 1.87. The molecule has 0 bridgehead atoms. The van der Waals surface area contributed by atoms with Crippen LogP contribution in [0.3, 0.4) is 0 Å². The smallest absolute Gasteiger partial charge is 0.120 e. The molecule has 0 aliphatic carbocycles. The molecule has 0 heterocycles. The van der Waals surface area contributed by atoms with Crippen molar-refractivity contribution in [3.05, 3.63) is 29.8 Å². The number of aromatic hydroxyl groups is 1. The van der Waals surface area contributed by atoms with Crippen molar-refractivity contribution in [2.45, 2.75) is 38.6 Å². The third-order valence-electron chi connectivity index (χ3n) is 2.94. The first-order valence-corrected chi connectivity index (χ1v) is 6.38. The Morgan fingerprint density at radius 3 is 2.53 bits per heavy atom. The summed E-state index contributed by atoms with van der Waals surface area (Å²) in [5.41, 5.74) is 0.947. The summed E-state index contributed by atoms with van der Waals surface area (Å²) in [5.74, 6) is 0.354. The minimum atomic E-state index is 0.175. The number of unbranched alkanes of at least 4 members (excludes halogenated alkanes) is 3. The molecule has 0 amide bonds. The van der Waals surface area contributed by atoms with E-state index in [0.29, 0.717) is 12.4 Å². The van der Waals surface area contributed by atoms with Crippen LogP contribution in [0.4, 0.5) is 0 Å². The number of nitrogens with one attached hydrogen (secondary N) is 1. The van der Waals surface area contributed by atoms with E-state index in [4.69, 9.17) is 5.11 Å². The van der Waals surface area contributed by atoms with E-state index in [9.17, 15) is 5.11 Å². The van der Waals surface area contributed by atoms with Crippen molar-refractivity contribution in [1.82, 2.24) is 5.32 Å². The Kier molecular flexibility index (Phi) is 6.67. The Morgan fingerprint density at radius 2 is 1.82 bits per heavy atom. The molecule has 0 fully saturated rings. The average Bonchev–Trinajstić information content (AvgIpc) is 2.34. The van der Waals surface area contributed by atoms with E-state index in [0.717, 1.165) is 37.8 Å². The maximum atomic E-state index is 9.69. The van der Waals surface area contributed by atoms with Crippen LogP contribution < -0.4 is 5.32 Å². The Hall–Kier alpha value is -1.06. The number of hydrogen-bond acceptors (Lipinski definition) is 3. The Balaban J connectivity index is 2.21. The molecule has 3 heteroatoms. The van der Waals surface area contributed by atoms with Crippen molar-refractivity contribution in [1.29, 1.82) is 0 Å². The van der Waals surface area contributed by atoms with Crippen molar-refractivity contribution in [2.24, 2.45) is 0 Å².